The van der Waals surface area contributed by atoms with Crippen LogP contribution in [0.4, 0.5) is 4.79 Å². The number of benzene rings is 2. The predicted molar refractivity (Wildman–Crippen MR) is 76.6 cm³/mol. The molecule has 1 atom stereocenters. The number of hydrogen-bond donors (Lipinski definition) is 2. The highest BCUT2D eigenvalue weighted by Gasteiger charge is 2.39. The lowest BCUT2D eigenvalue weighted by molar-refractivity contribution is 0.0385. The summed E-state index contributed by atoms with van der Waals surface area (Å²) in [4.78, 5) is 11.6. The minimum atomic E-state index is -0.443. The number of aromatic hydroxyl groups is 1. The van der Waals surface area contributed by atoms with Crippen LogP contribution in [0.1, 0.15) is 25.5 Å². The van der Waals surface area contributed by atoms with Gasteiger partial charge in [0.05, 0.1) is 6.04 Å². The van der Waals surface area contributed by atoms with Crippen molar-refractivity contribution in [2.45, 2.75) is 19.9 Å². The van der Waals surface area contributed by atoms with Crippen LogP contribution in [0.2, 0.25) is 0 Å². The molecule has 0 aliphatic carbocycles. The van der Waals surface area contributed by atoms with Crippen LogP contribution >= 0.6 is 0 Å². The molecule has 1 aliphatic heterocycles. The first-order chi connectivity index (χ1) is 9.49. The van der Waals surface area contributed by atoms with Crippen LogP contribution in [0, 0.1) is 5.41 Å². The number of ether oxygens (including phenoxy) is 1. The molecule has 0 saturated carbocycles. The Bertz CT molecular complexity index is 678. The van der Waals surface area contributed by atoms with E-state index in [9.17, 15) is 9.90 Å². The summed E-state index contributed by atoms with van der Waals surface area (Å²) in [7, 11) is 0. The van der Waals surface area contributed by atoms with Crippen LogP contribution in [0.15, 0.2) is 36.4 Å². The number of fused-ring (bicyclic) bond motifs is 1. The van der Waals surface area contributed by atoms with Crippen molar-refractivity contribution in [1.29, 1.82) is 0 Å². The molecule has 2 N–H and O–H groups in total. The Morgan fingerprint density at radius 3 is 2.80 bits per heavy atom. The van der Waals surface area contributed by atoms with Gasteiger partial charge in [-0.1, -0.05) is 44.2 Å². The standard InChI is InChI=1S/C16H17NO3/c1-16(2)9-20-15(19)17-14(16)13-11-6-4-3-5-10(11)7-8-12(13)18/h3-8,14,18H,9H2,1-2H3,(H,17,19)/t14-/m1/s1. The average molecular weight is 271 g/mol. The van der Waals surface area contributed by atoms with Crippen LogP contribution in [0.3, 0.4) is 0 Å². The van der Waals surface area contributed by atoms with Crippen LogP contribution in [0.5, 0.6) is 5.75 Å². The van der Waals surface area contributed by atoms with Crippen LogP contribution in [-0.4, -0.2) is 17.8 Å². The van der Waals surface area contributed by atoms with Crippen molar-refractivity contribution in [1.82, 2.24) is 5.32 Å². The fourth-order valence-electron chi connectivity index (χ4n) is 2.74. The van der Waals surface area contributed by atoms with Gasteiger partial charge in [0, 0.05) is 11.0 Å². The molecule has 1 saturated heterocycles. The smallest absolute Gasteiger partial charge is 0.407 e. The maximum atomic E-state index is 11.6. The lowest BCUT2D eigenvalue weighted by Crippen LogP contribution is -2.47. The number of carbonyl (C=O) groups excluding carboxylic acids is 1. The fraction of sp³-hybridized carbons (Fsp3) is 0.312. The topological polar surface area (TPSA) is 58.6 Å². The van der Waals surface area contributed by atoms with Gasteiger partial charge < -0.3 is 15.2 Å². The molecule has 0 radical (unpaired) electrons. The zero-order chi connectivity index (χ0) is 14.3. The highest BCUT2D eigenvalue weighted by atomic mass is 16.6. The largest absolute Gasteiger partial charge is 0.508 e. The summed E-state index contributed by atoms with van der Waals surface area (Å²) < 4.78 is 5.07. The number of nitrogens with one attached hydrogen (secondary N) is 1. The number of carbonyl (C=O) groups is 1. The van der Waals surface area contributed by atoms with E-state index in [0.29, 0.717) is 6.61 Å². The average Bonchev–Trinajstić information content (AvgIpc) is 2.42. The molecule has 20 heavy (non-hydrogen) atoms. The minimum absolute atomic E-state index is 0.198. The van der Waals surface area contributed by atoms with Crippen molar-refractivity contribution in [2.75, 3.05) is 6.61 Å². The third kappa shape index (κ3) is 1.97. The molecule has 1 heterocycles. The second kappa shape index (κ2) is 4.40. The molecule has 0 spiro atoms. The third-order valence-corrected chi connectivity index (χ3v) is 3.86. The maximum absolute atomic E-state index is 11.6. The number of cyclic esters (lactones) is 1. The van der Waals surface area contributed by atoms with E-state index >= 15 is 0 Å². The molecule has 2 aromatic carbocycles. The monoisotopic (exact) mass is 271 g/mol. The second-order valence-electron chi connectivity index (χ2n) is 5.86. The van der Waals surface area contributed by atoms with Crippen LogP contribution < -0.4 is 5.32 Å². The first-order valence-corrected chi connectivity index (χ1v) is 6.63. The molecule has 1 fully saturated rings. The van der Waals surface area contributed by atoms with E-state index in [2.05, 4.69) is 5.32 Å². The van der Waals surface area contributed by atoms with E-state index < -0.39 is 6.09 Å². The molecular formula is C16H17NO3. The predicted octanol–water partition coefficient (Wildman–Crippen LogP) is 3.35. The first-order valence-electron chi connectivity index (χ1n) is 6.63. The van der Waals surface area contributed by atoms with Crippen molar-refractivity contribution in [2.24, 2.45) is 5.41 Å². The number of phenolic OH excluding ortho intramolecular Hbond substituents is 1. The molecule has 1 aliphatic rings. The second-order valence-corrected chi connectivity index (χ2v) is 5.86. The van der Waals surface area contributed by atoms with Gasteiger partial charge in [-0.15, -0.1) is 0 Å². The summed E-state index contributed by atoms with van der Waals surface area (Å²) >= 11 is 0. The summed E-state index contributed by atoms with van der Waals surface area (Å²) in [5.74, 6) is 0.198. The normalized spacial score (nSPS) is 21.3. The Kier molecular flexibility index (Phi) is 2.82. The Hall–Kier alpha value is -2.23. The van der Waals surface area contributed by atoms with Crippen molar-refractivity contribution in [3.63, 3.8) is 0 Å². The highest BCUT2D eigenvalue weighted by Crippen LogP contribution is 2.43. The van der Waals surface area contributed by atoms with Gasteiger partial charge in [-0.3, -0.25) is 0 Å². The molecule has 1 amide bonds. The van der Waals surface area contributed by atoms with Crippen molar-refractivity contribution >= 4 is 16.9 Å². The summed E-state index contributed by atoms with van der Waals surface area (Å²) in [6.07, 6.45) is -0.443. The molecule has 3 rings (SSSR count). The van der Waals surface area contributed by atoms with Gasteiger partial charge in [0.15, 0.2) is 0 Å². The van der Waals surface area contributed by atoms with Crippen molar-refractivity contribution in [3.05, 3.63) is 42.0 Å². The lowest BCUT2D eigenvalue weighted by Gasteiger charge is -2.39. The van der Waals surface area contributed by atoms with Gasteiger partial charge in [-0.05, 0) is 16.8 Å². The molecule has 0 bridgehead atoms. The molecule has 4 nitrogen and oxygen atoms in total. The molecule has 2 aromatic rings. The number of rotatable bonds is 1. The molecule has 4 heteroatoms. The van der Waals surface area contributed by atoms with Gasteiger partial charge in [0.1, 0.15) is 12.4 Å². The zero-order valence-electron chi connectivity index (χ0n) is 11.5. The van der Waals surface area contributed by atoms with E-state index in [1.165, 1.54) is 0 Å². The number of amides is 1. The van der Waals surface area contributed by atoms with E-state index in [1.807, 2.05) is 44.2 Å². The number of phenols is 1. The van der Waals surface area contributed by atoms with Crippen LogP contribution in [0.25, 0.3) is 10.8 Å². The van der Waals surface area contributed by atoms with E-state index in [1.54, 1.807) is 6.07 Å². The first kappa shape index (κ1) is 12.8. The SMILES string of the molecule is CC1(C)COC(=O)N[C@@H]1c1c(O)ccc2ccccc12. The summed E-state index contributed by atoms with van der Waals surface area (Å²) in [6.45, 7) is 4.35. The fourth-order valence-corrected chi connectivity index (χ4v) is 2.74. The molecular weight excluding hydrogens is 254 g/mol. The summed E-state index contributed by atoms with van der Waals surface area (Å²) in [5.41, 5.74) is 0.458. The zero-order valence-corrected chi connectivity index (χ0v) is 11.5. The molecule has 104 valence electrons. The van der Waals surface area contributed by atoms with Gasteiger partial charge in [-0.25, -0.2) is 4.79 Å². The Morgan fingerprint density at radius 2 is 2.00 bits per heavy atom. The van der Waals surface area contributed by atoms with Gasteiger partial charge in [0.2, 0.25) is 0 Å². The van der Waals surface area contributed by atoms with E-state index in [0.717, 1.165) is 16.3 Å². The Morgan fingerprint density at radius 1 is 1.25 bits per heavy atom. The van der Waals surface area contributed by atoms with Crippen molar-refractivity contribution in [3.8, 4) is 5.75 Å². The van der Waals surface area contributed by atoms with Crippen molar-refractivity contribution < 1.29 is 14.6 Å². The summed E-state index contributed by atoms with van der Waals surface area (Å²) in [5, 5.41) is 15.1. The van der Waals surface area contributed by atoms with Gasteiger partial charge in [0.25, 0.3) is 0 Å². The Balaban J connectivity index is 2.22. The summed E-state index contributed by atoms with van der Waals surface area (Å²) in [6, 6.07) is 11.1. The third-order valence-electron chi connectivity index (χ3n) is 3.86. The lowest BCUT2D eigenvalue weighted by atomic mass is 9.78. The van der Waals surface area contributed by atoms with Gasteiger partial charge >= 0.3 is 6.09 Å². The number of hydrogen-bond acceptors (Lipinski definition) is 3. The highest BCUT2D eigenvalue weighted by molar-refractivity contribution is 5.89. The van der Waals surface area contributed by atoms with Crippen LogP contribution in [-0.2, 0) is 4.74 Å². The molecule has 0 aromatic heterocycles. The maximum Gasteiger partial charge on any atom is 0.407 e. The Labute approximate surface area is 117 Å². The van der Waals surface area contributed by atoms with E-state index in [-0.39, 0.29) is 17.2 Å². The van der Waals surface area contributed by atoms with E-state index in [4.69, 9.17) is 4.74 Å². The minimum Gasteiger partial charge on any atom is -0.508 e. The number of alkyl carbamates (subject to hydrolysis) is 1. The molecule has 0 unspecified atom stereocenters. The quantitative estimate of drug-likeness (QED) is 0.836. The van der Waals surface area contributed by atoms with Gasteiger partial charge in [-0.2, -0.15) is 0 Å².